The monoisotopic (exact) mass is 205 g/mol. The third kappa shape index (κ3) is 1.99. The van der Waals surface area contributed by atoms with Crippen LogP contribution in [0.1, 0.15) is 18.9 Å². The Hall–Kier alpha value is -1.42. The zero-order valence-electron chi connectivity index (χ0n) is 8.86. The highest BCUT2D eigenvalue weighted by Crippen LogP contribution is 2.19. The molecule has 1 aliphatic heterocycles. The molecule has 1 amide bonds. The van der Waals surface area contributed by atoms with Crippen LogP contribution in [0.3, 0.4) is 0 Å². The average molecular weight is 205 g/mol. The molecule has 4 nitrogen and oxygen atoms in total. The molecule has 0 saturated carbocycles. The molecule has 2 rings (SSSR count). The number of carbonyl (C=O) groups is 1. The lowest BCUT2D eigenvalue weighted by atomic mass is 10.2. The van der Waals surface area contributed by atoms with Crippen molar-refractivity contribution in [1.82, 2.24) is 10.3 Å². The average Bonchev–Trinajstić information content (AvgIpc) is 2.50. The summed E-state index contributed by atoms with van der Waals surface area (Å²) >= 11 is 0. The Labute approximate surface area is 89.3 Å². The van der Waals surface area contributed by atoms with Crippen molar-refractivity contribution in [3.05, 3.63) is 23.9 Å². The number of hydrogen-bond acceptors (Lipinski definition) is 3. The summed E-state index contributed by atoms with van der Waals surface area (Å²) in [4.78, 5) is 17.8. The van der Waals surface area contributed by atoms with Crippen LogP contribution in [0, 0.1) is 0 Å². The van der Waals surface area contributed by atoms with Crippen molar-refractivity contribution in [2.24, 2.45) is 0 Å². The molecule has 0 fully saturated rings. The molecular weight excluding hydrogens is 190 g/mol. The molecule has 15 heavy (non-hydrogen) atoms. The fourth-order valence-electron chi connectivity index (χ4n) is 1.76. The lowest BCUT2D eigenvalue weighted by molar-refractivity contribution is -0.118. The van der Waals surface area contributed by atoms with Gasteiger partial charge in [-0.15, -0.1) is 0 Å². The third-order valence-electron chi connectivity index (χ3n) is 2.55. The van der Waals surface area contributed by atoms with E-state index in [0.717, 1.165) is 24.5 Å². The molecule has 0 spiro atoms. The zero-order chi connectivity index (χ0) is 10.7. The zero-order valence-corrected chi connectivity index (χ0v) is 8.86. The number of pyridine rings is 1. The van der Waals surface area contributed by atoms with Gasteiger partial charge in [0.25, 0.3) is 0 Å². The molecule has 1 aromatic heterocycles. The van der Waals surface area contributed by atoms with Crippen molar-refractivity contribution in [3.8, 4) is 0 Å². The van der Waals surface area contributed by atoms with Crippen molar-refractivity contribution in [1.29, 1.82) is 0 Å². The molecule has 80 valence electrons. The van der Waals surface area contributed by atoms with Gasteiger partial charge in [0.05, 0.1) is 0 Å². The second kappa shape index (κ2) is 4.40. The van der Waals surface area contributed by atoms with Crippen LogP contribution in [0.4, 0.5) is 5.82 Å². The Morgan fingerprint density at radius 2 is 2.53 bits per heavy atom. The first-order chi connectivity index (χ1) is 7.33. The molecule has 1 aliphatic rings. The summed E-state index contributed by atoms with van der Waals surface area (Å²) in [6.45, 7) is 4.19. The molecule has 0 unspecified atom stereocenters. The molecule has 2 heterocycles. The van der Waals surface area contributed by atoms with Crippen LogP contribution in [-0.2, 0) is 11.3 Å². The van der Waals surface area contributed by atoms with Gasteiger partial charge in [-0.3, -0.25) is 9.69 Å². The van der Waals surface area contributed by atoms with Crippen molar-refractivity contribution in [3.63, 3.8) is 0 Å². The maximum Gasteiger partial charge on any atom is 0.227 e. The van der Waals surface area contributed by atoms with Crippen LogP contribution in [0.2, 0.25) is 0 Å². The smallest absolute Gasteiger partial charge is 0.227 e. The molecule has 4 heteroatoms. The number of carbonyl (C=O) groups excluding carboxylic acids is 1. The van der Waals surface area contributed by atoms with Crippen LogP contribution in [0.5, 0.6) is 0 Å². The van der Waals surface area contributed by atoms with Gasteiger partial charge in [-0.05, 0) is 6.07 Å². The van der Waals surface area contributed by atoms with Crippen LogP contribution < -0.4 is 10.2 Å². The van der Waals surface area contributed by atoms with Gasteiger partial charge in [0.15, 0.2) is 0 Å². The fourth-order valence-corrected chi connectivity index (χ4v) is 1.76. The Morgan fingerprint density at radius 3 is 3.33 bits per heavy atom. The molecule has 0 radical (unpaired) electrons. The van der Waals surface area contributed by atoms with E-state index < -0.39 is 0 Å². The summed E-state index contributed by atoms with van der Waals surface area (Å²) < 4.78 is 0. The van der Waals surface area contributed by atoms with Crippen LogP contribution in [-0.4, -0.2) is 24.0 Å². The lowest BCUT2D eigenvalue weighted by Gasteiger charge is -2.20. The Kier molecular flexibility index (Phi) is 2.97. The summed E-state index contributed by atoms with van der Waals surface area (Å²) in [5.41, 5.74) is 1.09. The van der Waals surface area contributed by atoms with Crippen molar-refractivity contribution >= 4 is 11.7 Å². The highest BCUT2D eigenvalue weighted by Gasteiger charge is 2.20. The molecule has 0 saturated heterocycles. The van der Waals surface area contributed by atoms with E-state index in [0.29, 0.717) is 13.0 Å². The van der Waals surface area contributed by atoms with E-state index in [1.165, 1.54) is 0 Å². The van der Waals surface area contributed by atoms with E-state index in [2.05, 4.69) is 10.3 Å². The van der Waals surface area contributed by atoms with Gasteiger partial charge >= 0.3 is 0 Å². The molecule has 0 bridgehead atoms. The normalized spacial score (nSPS) is 15.7. The van der Waals surface area contributed by atoms with E-state index in [4.69, 9.17) is 0 Å². The minimum absolute atomic E-state index is 0.138. The van der Waals surface area contributed by atoms with Gasteiger partial charge < -0.3 is 5.32 Å². The van der Waals surface area contributed by atoms with Crippen molar-refractivity contribution in [2.45, 2.75) is 19.9 Å². The first kappa shape index (κ1) is 10.1. The van der Waals surface area contributed by atoms with Gasteiger partial charge in [-0.25, -0.2) is 4.98 Å². The number of nitrogens with one attached hydrogen (secondary N) is 1. The van der Waals surface area contributed by atoms with E-state index in [-0.39, 0.29) is 5.91 Å². The number of aromatic nitrogens is 1. The summed E-state index contributed by atoms with van der Waals surface area (Å²) in [6.07, 6.45) is 2.26. The molecular formula is C11H15N3O. The van der Waals surface area contributed by atoms with Crippen molar-refractivity contribution < 1.29 is 4.79 Å². The molecule has 1 N–H and O–H groups in total. The van der Waals surface area contributed by atoms with Gasteiger partial charge in [-0.2, -0.15) is 0 Å². The van der Waals surface area contributed by atoms with Crippen LogP contribution >= 0.6 is 0 Å². The Balaban J connectivity index is 2.37. The highest BCUT2D eigenvalue weighted by molar-refractivity contribution is 5.92. The Bertz CT molecular complexity index is 365. The number of nitrogens with zero attached hydrogens (tertiary/aromatic N) is 2. The third-order valence-corrected chi connectivity index (χ3v) is 2.55. The van der Waals surface area contributed by atoms with Gasteiger partial charge in [0, 0.05) is 37.8 Å². The minimum atomic E-state index is 0.138. The SMILES string of the molecule is CCC(=O)N1CCNCc2cccnc21. The summed E-state index contributed by atoms with van der Waals surface area (Å²) in [7, 11) is 0. The van der Waals surface area contributed by atoms with Gasteiger partial charge in [0.1, 0.15) is 5.82 Å². The van der Waals surface area contributed by atoms with Gasteiger partial charge in [0.2, 0.25) is 5.91 Å². The summed E-state index contributed by atoms with van der Waals surface area (Å²) in [5.74, 6) is 0.952. The van der Waals surface area contributed by atoms with Crippen LogP contribution in [0.15, 0.2) is 18.3 Å². The quantitative estimate of drug-likeness (QED) is 0.741. The number of hydrogen-bond donors (Lipinski definition) is 1. The molecule has 0 aliphatic carbocycles. The number of rotatable bonds is 1. The molecule has 0 aromatic carbocycles. The standard InChI is InChI=1S/C11H15N3O/c1-2-10(15)14-7-6-12-8-9-4-3-5-13-11(9)14/h3-5,12H,2,6-8H2,1H3. The highest BCUT2D eigenvalue weighted by atomic mass is 16.2. The number of fused-ring (bicyclic) bond motifs is 1. The lowest BCUT2D eigenvalue weighted by Crippen LogP contribution is -2.34. The minimum Gasteiger partial charge on any atom is -0.311 e. The van der Waals surface area contributed by atoms with Gasteiger partial charge in [-0.1, -0.05) is 13.0 Å². The van der Waals surface area contributed by atoms with E-state index in [9.17, 15) is 4.79 Å². The first-order valence-electron chi connectivity index (χ1n) is 5.28. The maximum absolute atomic E-state index is 11.7. The first-order valence-corrected chi connectivity index (χ1v) is 5.28. The van der Waals surface area contributed by atoms with E-state index in [1.807, 2.05) is 19.1 Å². The summed E-state index contributed by atoms with van der Waals surface area (Å²) in [6, 6.07) is 3.91. The Morgan fingerprint density at radius 1 is 1.67 bits per heavy atom. The second-order valence-electron chi connectivity index (χ2n) is 3.56. The molecule has 1 aromatic rings. The van der Waals surface area contributed by atoms with Crippen LogP contribution in [0.25, 0.3) is 0 Å². The molecule has 0 atom stereocenters. The van der Waals surface area contributed by atoms with Crippen molar-refractivity contribution in [2.75, 3.05) is 18.0 Å². The number of amides is 1. The second-order valence-corrected chi connectivity index (χ2v) is 3.56. The topological polar surface area (TPSA) is 45.2 Å². The number of anilines is 1. The largest absolute Gasteiger partial charge is 0.311 e. The summed E-state index contributed by atoms with van der Waals surface area (Å²) in [5, 5.41) is 3.28. The van der Waals surface area contributed by atoms with E-state index in [1.54, 1.807) is 11.1 Å². The predicted octanol–water partition coefficient (Wildman–Crippen LogP) is 0.928. The maximum atomic E-state index is 11.7. The van der Waals surface area contributed by atoms with E-state index >= 15 is 0 Å². The fraction of sp³-hybridized carbons (Fsp3) is 0.455. The predicted molar refractivity (Wildman–Crippen MR) is 58.6 cm³/mol.